The first-order chi connectivity index (χ1) is 10.3. The van der Waals surface area contributed by atoms with E-state index in [0.717, 1.165) is 5.69 Å². The van der Waals surface area contributed by atoms with Crippen molar-refractivity contribution in [3.05, 3.63) is 23.8 Å². The molecule has 2 aliphatic heterocycles. The highest BCUT2D eigenvalue weighted by Gasteiger charge is 2.47. The number of amides is 1. The van der Waals surface area contributed by atoms with Crippen LogP contribution in [0.4, 0.5) is 5.69 Å². The van der Waals surface area contributed by atoms with Crippen molar-refractivity contribution >= 4 is 17.6 Å². The van der Waals surface area contributed by atoms with Crippen molar-refractivity contribution < 1.29 is 19.4 Å². The fourth-order valence-electron chi connectivity index (χ4n) is 3.20. The van der Waals surface area contributed by atoms with Gasteiger partial charge in [-0.3, -0.25) is 9.69 Å². The summed E-state index contributed by atoms with van der Waals surface area (Å²) in [5.41, 5.74) is 5.80. The van der Waals surface area contributed by atoms with E-state index in [0.29, 0.717) is 19.0 Å². The molecule has 1 aromatic rings. The van der Waals surface area contributed by atoms with E-state index in [-0.39, 0.29) is 24.1 Å². The Morgan fingerprint density at radius 3 is 2.82 bits per heavy atom. The van der Waals surface area contributed by atoms with Crippen LogP contribution < -0.4 is 15.4 Å². The minimum atomic E-state index is -0.975. The van der Waals surface area contributed by atoms with E-state index < -0.39 is 11.6 Å². The highest BCUT2D eigenvalue weighted by atomic mass is 16.5. The maximum atomic E-state index is 11.2. The van der Waals surface area contributed by atoms with Gasteiger partial charge in [-0.25, -0.2) is 4.79 Å². The van der Waals surface area contributed by atoms with Crippen molar-refractivity contribution in [2.45, 2.75) is 25.5 Å². The van der Waals surface area contributed by atoms with Gasteiger partial charge in [-0.15, -0.1) is 0 Å². The Hall–Kier alpha value is -2.28. The monoisotopic (exact) mass is 305 g/mol. The third-order valence-corrected chi connectivity index (χ3v) is 4.23. The van der Waals surface area contributed by atoms with E-state index in [4.69, 9.17) is 15.6 Å². The van der Waals surface area contributed by atoms with Crippen molar-refractivity contribution in [2.24, 2.45) is 5.73 Å². The van der Waals surface area contributed by atoms with E-state index in [1.807, 2.05) is 18.7 Å². The Balaban J connectivity index is 1.99. The summed E-state index contributed by atoms with van der Waals surface area (Å²) in [6.45, 7) is 5.33. The van der Waals surface area contributed by atoms with Gasteiger partial charge >= 0.3 is 5.97 Å². The molecule has 1 saturated heterocycles. The first kappa shape index (κ1) is 14.6. The largest absolute Gasteiger partial charge is 0.483 e. The standard InChI is InChI=1S/C15H19N3O4/c1-15(2)12-6-17(7-13(16)19)8-18(12)10-5-9(14(20)21)3-4-11(10)22-15/h3-5,12H,6-8H2,1-2H3,(H2,16,19)(H,20,21). The highest BCUT2D eigenvalue weighted by molar-refractivity contribution is 5.90. The normalized spacial score (nSPS) is 22.6. The molecule has 2 aliphatic rings. The lowest BCUT2D eigenvalue weighted by molar-refractivity contribution is -0.118. The number of carboxylic acid groups (broad SMARTS) is 1. The van der Waals surface area contributed by atoms with Crippen LogP contribution >= 0.6 is 0 Å². The molecule has 1 aromatic carbocycles. The molecule has 7 heteroatoms. The number of carbonyl (C=O) groups excluding carboxylic acids is 1. The van der Waals surface area contributed by atoms with E-state index in [1.165, 1.54) is 6.07 Å². The van der Waals surface area contributed by atoms with Crippen molar-refractivity contribution in [1.82, 2.24) is 4.90 Å². The Kier molecular flexibility index (Phi) is 3.25. The number of aromatic carboxylic acids is 1. The Morgan fingerprint density at radius 1 is 1.45 bits per heavy atom. The third-order valence-electron chi connectivity index (χ3n) is 4.23. The second kappa shape index (κ2) is 4.88. The van der Waals surface area contributed by atoms with Crippen LogP contribution in [0.15, 0.2) is 18.2 Å². The van der Waals surface area contributed by atoms with Crippen molar-refractivity contribution in [2.75, 3.05) is 24.7 Å². The van der Waals surface area contributed by atoms with Crippen molar-refractivity contribution in [1.29, 1.82) is 0 Å². The van der Waals surface area contributed by atoms with Crippen LogP contribution in [0.3, 0.4) is 0 Å². The molecule has 1 unspecified atom stereocenters. The van der Waals surface area contributed by atoms with Gasteiger partial charge in [0.25, 0.3) is 0 Å². The maximum absolute atomic E-state index is 11.2. The summed E-state index contributed by atoms with van der Waals surface area (Å²) in [5.74, 6) is -0.692. The average Bonchev–Trinajstić information content (AvgIpc) is 2.82. The molecule has 2 heterocycles. The van der Waals surface area contributed by atoms with Gasteiger partial charge in [0.2, 0.25) is 5.91 Å². The summed E-state index contributed by atoms with van der Waals surface area (Å²) in [6.07, 6.45) is 0. The number of carboxylic acids is 1. The number of fused-ring (bicyclic) bond motifs is 3. The van der Waals surface area contributed by atoms with Gasteiger partial charge < -0.3 is 20.5 Å². The Morgan fingerprint density at radius 2 is 2.18 bits per heavy atom. The summed E-state index contributed by atoms with van der Waals surface area (Å²) < 4.78 is 6.04. The molecular weight excluding hydrogens is 286 g/mol. The lowest BCUT2D eigenvalue weighted by atomic mass is 9.94. The molecule has 0 spiro atoms. The lowest BCUT2D eigenvalue weighted by Crippen LogP contribution is -2.54. The number of nitrogens with zero attached hydrogens (tertiary/aromatic N) is 2. The first-order valence-corrected chi connectivity index (χ1v) is 7.11. The Bertz CT molecular complexity index is 644. The van der Waals surface area contributed by atoms with Gasteiger partial charge in [0.05, 0.1) is 30.5 Å². The molecular formula is C15H19N3O4. The summed E-state index contributed by atoms with van der Waals surface area (Å²) in [5, 5.41) is 9.17. The van der Waals surface area contributed by atoms with Gasteiger partial charge in [0.15, 0.2) is 0 Å². The molecule has 0 aliphatic carbocycles. The topological polar surface area (TPSA) is 96.1 Å². The van der Waals surface area contributed by atoms with Crippen molar-refractivity contribution in [3.63, 3.8) is 0 Å². The molecule has 1 fully saturated rings. The zero-order valence-corrected chi connectivity index (χ0v) is 12.6. The molecule has 0 radical (unpaired) electrons. The van der Waals surface area contributed by atoms with Crippen LogP contribution in [0.2, 0.25) is 0 Å². The lowest BCUT2D eigenvalue weighted by Gasteiger charge is -2.44. The summed E-state index contributed by atoms with van der Waals surface area (Å²) in [4.78, 5) is 26.4. The number of rotatable bonds is 3. The number of hydrogen-bond acceptors (Lipinski definition) is 5. The first-order valence-electron chi connectivity index (χ1n) is 7.11. The SMILES string of the molecule is CC1(C)Oc2ccc(C(=O)O)cc2N2CN(CC(N)=O)CC21. The number of primary amides is 1. The van der Waals surface area contributed by atoms with Crippen LogP contribution in [0, 0.1) is 0 Å². The van der Waals surface area contributed by atoms with Crippen LogP contribution in [0.25, 0.3) is 0 Å². The molecule has 0 bridgehead atoms. The van der Waals surface area contributed by atoms with E-state index >= 15 is 0 Å². The minimum Gasteiger partial charge on any atom is -0.483 e. The van der Waals surface area contributed by atoms with Crippen LogP contribution in [0.5, 0.6) is 5.75 Å². The Labute approximate surface area is 128 Å². The van der Waals surface area contributed by atoms with E-state index in [9.17, 15) is 9.59 Å². The minimum absolute atomic E-state index is 0.0309. The number of nitrogens with two attached hydrogens (primary N) is 1. The quantitative estimate of drug-likeness (QED) is 0.843. The maximum Gasteiger partial charge on any atom is 0.335 e. The molecule has 3 N–H and O–H groups in total. The second-order valence-corrected chi connectivity index (χ2v) is 6.30. The molecule has 22 heavy (non-hydrogen) atoms. The van der Waals surface area contributed by atoms with Gasteiger partial charge in [0.1, 0.15) is 11.4 Å². The fraction of sp³-hybridized carbons (Fsp3) is 0.467. The number of ether oxygens (including phenoxy) is 1. The smallest absolute Gasteiger partial charge is 0.335 e. The van der Waals surface area contributed by atoms with E-state index in [1.54, 1.807) is 12.1 Å². The van der Waals surface area contributed by atoms with Crippen LogP contribution in [-0.4, -0.2) is 53.3 Å². The zero-order chi connectivity index (χ0) is 16.1. The summed E-state index contributed by atoms with van der Waals surface area (Å²) >= 11 is 0. The van der Waals surface area contributed by atoms with Gasteiger partial charge in [-0.05, 0) is 32.0 Å². The van der Waals surface area contributed by atoms with Gasteiger partial charge in [-0.2, -0.15) is 0 Å². The van der Waals surface area contributed by atoms with Crippen LogP contribution in [0.1, 0.15) is 24.2 Å². The molecule has 0 aromatic heterocycles. The zero-order valence-electron chi connectivity index (χ0n) is 12.6. The number of anilines is 1. The number of benzene rings is 1. The predicted octanol–water partition coefficient (Wildman–Crippen LogP) is 0.489. The van der Waals surface area contributed by atoms with Gasteiger partial charge in [0, 0.05) is 6.54 Å². The molecule has 7 nitrogen and oxygen atoms in total. The highest BCUT2D eigenvalue weighted by Crippen LogP contribution is 2.43. The molecule has 1 amide bonds. The van der Waals surface area contributed by atoms with Crippen molar-refractivity contribution in [3.8, 4) is 5.75 Å². The molecule has 1 atom stereocenters. The molecule has 3 rings (SSSR count). The number of hydrogen-bond donors (Lipinski definition) is 2. The number of carbonyl (C=O) groups is 2. The molecule has 0 saturated carbocycles. The molecule has 118 valence electrons. The third kappa shape index (κ3) is 2.37. The second-order valence-electron chi connectivity index (χ2n) is 6.30. The van der Waals surface area contributed by atoms with E-state index in [2.05, 4.69) is 4.90 Å². The summed E-state index contributed by atoms with van der Waals surface area (Å²) in [7, 11) is 0. The predicted molar refractivity (Wildman–Crippen MR) is 80.0 cm³/mol. The summed E-state index contributed by atoms with van der Waals surface area (Å²) in [6, 6.07) is 4.87. The fourth-order valence-corrected chi connectivity index (χ4v) is 3.20. The van der Waals surface area contributed by atoms with Gasteiger partial charge in [-0.1, -0.05) is 0 Å². The van der Waals surface area contributed by atoms with Crippen LogP contribution in [-0.2, 0) is 4.79 Å². The average molecular weight is 305 g/mol.